The van der Waals surface area contributed by atoms with Crippen LogP contribution in [0, 0.1) is 12.1 Å². The molecule has 6 heteroatoms. The largest absolute Gasteiger partial charge is 2.00 e. The van der Waals surface area contributed by atoms with Crippen LogP contribution in [0.2, 0.25) is 0 Å². The summed E-state index contributed by atoms with van der Waals surface area (Å²) >= 11 is 0. The number of hydrogen-bond acceptors (Lipinski definition) is 3. The Balaban J connectivity index is 0.00000582. The molecule has 360 valence electrons. The molecule has 0 N–H and O–H groups in total. The summed E-state index contributed by atoms with van der Waals surface area (Å²) in [6, 6.07) is 56.1. The van der Waals surface area contributed by atoms with E-state index in [-0.39, 0.29) is 48.1 Å². The molecule has 71 heavy (non-hydrogen) atoms. The SMILES string of the molecule is CC(C)(C)c1cc(Oc2[c-]c3c(cc2)c2ccccc2n3-c2cc(C(C)(C)C)ccn2)[c-]c(-c2nc3cc4c5c(cccc5c3n2-c2ccc(C(C)(C)C)cc2-c2ccccc2)C(C)(C)CC4(C)C)c1.[Pt+2]. The van der Waals surface area contributed by atoms with Gasteiger partial charge in [-0.25, -0.2) is 4.98 Å². The van der Waals surface area contributed by atoms with Crippen molar-refractivity contribution in [2.24, 2.45) is 0 Å². The van der Waals surface area contributed by atoms with Gasteiger partial charge in [0, 0.05) is 39.8 Å². The van der Waals surface area contributed by atoms with Crippen LogP contribution in [0.15, 0.2) is 140 Å². The molecule has 0 radical (unpaired) electrons. The van der Waals surface area contributed by atoms with Gasteiger partial charge in [0.1, 0.15) is 5.82 Å². The predicted molar refractivity (Wildman–Crippen MR) is 293 cm³/mol. The van der Waals surface area contributed by atoms with E-state index in [0.29, 0.717) is 11.5 Å². The molecular weight excluding hydrogens is 1050 g/mol. The van der Waals surface area contributed by atoms with Gasteiger partial charge in [-0.05, 0) is 108 Å². The molecule has 0 saturated carbocycles. The minimum Gasteiger partial charge on any atom is -0.503 e. The van der Waals surface area contributed by atoms with Crippen LogP contribution in [0.5, 0.6) is 11.5 Å². The second-order valence-corrected chi connectivity index (χ2v) is 24.2. The molecule has 11 rings (SSSR count). The zero-order valence-electron chi connectivity index (χ0n) is 43.5. The molecule has 0 fully saturated rings. The molecule has 7 aromatic carbocycles. The van der Waals surface area contributed by atoms with Crippen molar-refractivity contribution >= 4 is 43.6 Å². The van der Waals surface area contributed by atoms with E-state index in [1.165, 1.54) is 33.0 Å². The Hall–Kier alpha value is -6.29. The van der Waals surface area contributed by atoms with Crippen LogP contribution in [0.4, 0.5) is 0 Å². The Morgan fingerprint density at radius 1 is 0.563 bits per heavy atom. The number of fused-ring (bicyclic) bond motifs is 5. The molecule has 1 aliphatic carbocycles. The summed E-state index contributed by atoms with van der Waals surface area (Å²) in [6.45, 7) is 30.0. The van der Waals surface area contributed by atoms with E-state index in [1.54, 1.807) is 0 Å². The van der Waals surface area contributed by atoms with Gasteiger partial charge in [0.25, 0.3) is 0 Å². The van der Waals surface area contributed by atoms with Crippen LogP contribution in [0.1, 0.15) is 124 Å². The first-order chi connectivity index (χ1) is 33.1. The number of para-hydroxylation sites is 1. The summed E-state index contributed by atoms with van der Waals surface area (Å²) in [6.07, 6.45) is 2.96. The smallest absolute Gasteiger partial charge is 0.503 e. The second kappa shape index (κ2) is 16.9. The first-order valence-corrected chi connectivity index (χ1v) is 24.9. The number of hydrogen-bond donors (Lipinski definition) is 0. The topological polar surface area (TPSA) is 44.9 Å². The Kier molecular flexibility index (Phi) is 11.5. The standard InChI is InChI=1S/C65H64N4O.Pt/c1-61(2,3)42-26-29-55(50(35-42)40-20-15-14-16-21-40)69-59-49-23-19-24-51-58(49)52(65(12,13)39-64(51,10)11)38-53(59)67-60(69)41-32-44(63(7,8)9)34-46(33-41)70-45-27-28-48-47-22-17-18-25-54(47)68(56(48)37-45)57-36-43(30-31-66-57)62(4,5)6;/h14-32,34-36,38H,39H2,1-13H3;/q-2;+2. The van der Waals surface area contributed by atoms with Gasteiger partial charge in [-0.1, -0.05) is 180 Å². The molecular formula is C65H64N4OPt. The van der Waals surface area contributed by atoms with E-state index in [2.05, 4.69) is 239 Å². The van der Waals surface area contributed by atoms with E-state index in [1.807, 2.05) is 12.3 Å². The summed E-state index contributed by atoms with van der Waals surface area (Å²) in [4.78, 5) is 10.7. The van der Waals surface area contributed by atoms with Gasteiger partial charge in [0.15, 0.2) is 0 Å². The quantitative estimate of drug-likeness (QED) is 0.156. The summed E-state index contributed by atoms with van der Waals surface area (Å²) in [5.41, 5.74) is 14.2. The van der Waals surface area contributed by atoms with E-state index >= 15 is 0 Å². The van der Waals surface area contributed by atoms with Crippen LogP contribution in [-0.4, -0.2) is 19.1 Å². The van der Waals surface area contributed by atoms with Gasteiger partial charge in [-0.3, -0.25) is 4.98 Å². The van der Waals surface area contributed by atoms with E-state index < -0.39 is 0 Å². The molecule has 0 bridgehead atoms. The van der Waals surface area contributed by atoms with Crippen molar-refractivity contribution in [1.82, 2.24) is 19.1 Å². The van der Waals surface area contributed by atoms with Crippen molar-refractivity contribution in [2.45, 2.75) is 124 Å². The summed E-state index contributed by atoms with van der Waals surface area (Å²) in [5, 5.41) is 4.79. The zero-order valence-corrected chi connectivity index (χ0v) is 45.8. The Bertz CT molecular complexity index is 3720. The van der Waals surface area contributed by atoms with Crippen molar-refractivity contribution in [3.05, 3.63) is 180 Å². The van der Waals surface area contributed by atoms with Crippen LogP contribution in [-0.2, 0) is 48.1 Å². The fraction of sp³-hybridized carbons (Fsp3) is 0.292. The number of rotatable bonds is 6. The van der Waals surface area contributed by atoms with Crippen molar-refractivity contribution in [1.29, 1.82) is 0 Å². The minimum absolute atomic E-state index is 0. The Labute approximate surface area is 434 Å². The number of pyridine rings is 1. The third-order valence-corrected chi connectivity index (χ3v) is 14.9. The maximum atomic E-state index is 7.01. The first kappa shape index (κ1) is 48.3. The molecule has 0 amide bonds. The number of nitrogens with zero attached hydrogens (tertiary/aromatic N) is 4. The molecule has 3 heterocycles. The van der Waals surface area contributed by atoms with Gasteiger partial charge >= 0.3 is 21.1 Å². The van der Waals surface area contributed by atoms with E-state index in [0.717, 1.165) is 78.8 Å². The number of ether oxygens (including phenoxy) is 1. The van der Waals surface area contributed by atoms with Crippen LogP contribution < -0.4 is 4.74 Å². The van der Waals surface area contributed by atoms with Crippen molar-refractivity contribution in [3.8, 4) is 45.5 Å². The Morgan fingerprint density at radius 2 is 1.24 bits per heavy atom. The Morgan fingerprint density at radius 3 is 1.97 bits per heavy atom. The number of benzene rings is 7. The number of imidazole rings is 1. The molecule has 0 aliphatic heterocycles. The summed E-state index contributed by atoms with van der Waals surface area (Å²) in [7, 11) is 0. The normalized spacial score (nSPS) is 14.6. The van der Waals surface area contributed by atoms with Crippen molar-refractivity contribution in [2.75, 3.05) is 0 Å². The molecule has 0 atom stereocenters. The minimum atomic E-state index is -0.227. The van der Waals surface area contributed by atoms with Crippen LogP contribution >= 0.6 is 0 Å². The molecule has 0 saturated heterocycles. The third kappa shape index (κ3) is 8.32. The molecule has 1 aliphatic rings. The van der Waals surface area contributed by atoms with E-state index in [4.69, 9.17) is 14.7 Å². The number of aromatic nitrogens is 4. The fourth-order valence-corrected chi connectivity index (χ4v) is 11.3. The van der Waals surface area contributed by atoms with Crippen molar-refractivity contribution < 1.29 is 25.8 Å². The summed E-state index contributed by atoms with van der Waals surface area (Å²) in [5.74, 6) is 2.87. The average molecular weight is 1110 g/mol. The molecule has 3 aromatic heterocycles. The first-order valence-electron chi connectivity index (χ1n) is 24.9. The third-order valence-electron chi connectivity index (χ3n) is 14.9. The maximum Gasteiger partial charge on any atom is 2.00 e. The van der Waals surface area contributed by atoms with Crippen molar-refractivity contribution in [3.63, 3.8) is 0 Å². The zero-order chi connectivity index (χ0) is 49.3. The van der Waals surface area contributed by atoms with Gasteiger partial charge in [-0.2, -0.15) is 6.07 Å². The molecule has 10 aromatic rings. The fourth-order valence-electron chi connectivity index (χ4n) is 11.3. The molecule has 0 spiro atoms. The van der Waals surface area contributed by atoms with Gasteiger partial charge < -0.3 is 13.9 Å². The average Bonchev–Trinajstić information content (AvgIpc) is 3.86. The van der Waals surface area contributed by atoms with Gasteiger partial charge in [-0.15, -0.1) is 34.7 Å². The van der Waals surface area contributed by atoms with Crippen LogP contribution in [0.3, 0.4) is 0 Å². The molecule has 5 nitrogen and oxygen atoms in total. The predicted octanol–water partition coefficient (Wildman–Crippen LogP) is 17.2. The second-order valence-electron chi connectivity index (χ2n) is 24.2. The maximum absolute atomic E-state index is 7.01. The summed E-state index contributed by atoms with van der Waals surface area (Å²) < 4.78 is 11.7. The van der Waals surface area contributed by atoms with Gasteiger partial charge in [0.05, 0.1) is 16.9 Å². The van der Waals surface area contributed by atoms with Gasteiger partial charge in [0.2, 0.25) is 0 Å². The monoisotopic (exact) mass is 1110 g/mol. The van der Waals surface area contributed by atoms with E-state index in [9.17, 15) is 0 Å². The molecule has 0 unspecified atom stereocenters. The van der Waals surface area contributed by atoms with Crippen LogP contribution in [0.25, 0.3) is 77.6 Å².